The number of amides is 1. The zero-order chi connectivity index (χ0) is 22.8. The summed E-state index contributed by atoms with van der Waals surface area (Å²) in [5.41, 5.74) is 5.96. The first-order chi connectivity index (χ1) is 16.1. The molecule has 2 N–H and O–H groups in total. The molecule has 5 rings (SSSR count). The number of carbonyl (C=O) groups excluding carboxylic acids is 1. The summed E-state index contributed by atoms with van der Waals surface area (Å²) >= 11 is 0. The van der Waals surface area contributed by atoms with E-state index in [2.05, 4.69) is 55.4 Å². The lowest BCUT2D eigenvalue weighted by molar-refractivity contribution is 0.102. The molecule has 1 aliphatic rings. The maximum Gasteiger partial charge on any atom is 0.276 e. The molecule has 3 aromatic heterocycles. The molecular formula is C25H27N7O. The lowest BCUT2D eigenvalue weighted by atomic mass is 10.0. The molecule has 0 aliphatic carbocycles. The van der Waals surface area contributed by atoms with Gasteiger partial charge in [-0.1, -0.05) is 6.07 Å². The van der Waals surface area contributed by atoms with Gasteiger partial charge in [-0.25, -0.2) is 0 Å². The summed E-state index contributed by atoms with van der Waals surface area (Å²) in [6.45, 7) is 2.76. The molecule has 1 aliphatic heterocycles. The number of benzene rings is 1. The van der Waals surface area contributed by atoms with Crippen molar-refractivity contribution in [2.75, 3.05) is 37.4 Å². The molecule has 33 heavy (non-hydrogen) atoms. The Morgan fingerprint density at radius 3 is 2.67 bits per heavy atom. The Hall–Kier alpha value is -3.78. The highest BCUT2D eigenvalue weighted by atomic mass is 16.1. The third kappa shape index (κ3) is 4.56. The fourth-order valence-electron chi connectivity index (χ4n) is 4.24. The molecule has 0 spiro atoms. The zero-order valence-electron chi connectivity index (χ0n) is 18.9. The fourth-order valence-corrected chi connectivity index (χ4v) is 4.24. The molecule has 0 saturated carbocycles. The van der Waals surface area contributed by atoms with Gasteiger partial charge in [0.1, 0.15) is 0 Å². The van der Waals surface area contributed by atoms with E-state index in [1.54, 1.807) is 6.20 Å². The highest BCUT2D eigenvalue weighted by molar-refractivity contribution is 6.11. The second-order valence-electron chi connectivity index (χ2n) is 8.67. The molecule has 1 aromatic carbocycles. The Morgan fingerprint density at radius 1 is 0.909 bits per heavy atom. The van der Waals surface area contributed by atoms with Crippen LogP contribution < -0.4 is 10.2 Å². The van der Waals surface area contributed by atoms with E-state index in [0.29, 0.717) is 11.4 Å². The van der Waals surface area contributed by atoms with Crippen molar-refractivity contribution < 1.29 is 4.79 Å². The summed E-state index contributed by atoms with van der Waals surface area (Å²) in [5, 5.41) is 11.0. The molecule has 4 heterocycles. The van der Waals surface area contributed by atoms with Gasteiger partial charge in [0.15, 0.2) is 5.69 Å². The smallest absolute Gasteiger partial charge is 0.276 e. The number of nitrogens with one attached hydrogen (secondary N) is 2. The molecule has 0 fully saturated rings. The van der Waals surface area contributed by atoms with Crippen LogP contribution in [0.1, 0.15) is 28.9 Å². The van der Waals surface area contributed by atoms with E-state index >= 15 is 0 Å². The van der Waals surface area contributed by atoms with E-state index in [4.69, 9.17) is 0 Å². The number of carbonyl (C=O) groups is 1. The van der Waals surface area contributed by atoms with Crippen molar-refractivity contribution in [3.05, 3.63) is 66.4 Å². The largest absolute Gasteiger partial charge is 0.373 e. The number of aromatic amines is 1. The quantitative estimate of drug-likeness (QED) is 0.430. The minimum absolute atomic E-state index is 0.272. The van der Waals surface area contributed by atoms with Crippen LogP contribution in [0.15, 0.2) is 55.1 Å². The summed E-state index contributed by atoms with van der Waals surface area (Å²) in [6.07, 6.45) is 9.41. The van der Waals surface area contributed by atoms with Crippen molar-refractivity contribution >= 4 is 28.2 Å². The van der Waals surface area contributed by atoms with E-state index < -0.39 is 0 Å². The molecule has 168 valence electrons. The molecule has 0 unspecified atom stereocenters. The average molecular weight is 442 g/mol. The number of hydrogen-bond acceptors (Lipinski definition) is 6. The molecule has 8 heteroatoms. The topological polar surface area (TPSA) is 90.0 Å². The number of H-pyrrole nitrogens is 1. The number of nitrogens with zero attached hydrogens (tertiary/aromatic N) is 5. The van der Waals surface area contributed by atoms with Crippen molar-refractivity contribution in [1.29, 1.82) is 0 Å². The molecule has 0 atom stereocenters. The molecule has 6 bridgehead atoms. The third-order valence-electron chi connectivity index (χ3n) is 6.06. The Labute approximate surface area is 192 Å². The fraction of sp³-hybridized carbons (Fsp3) is 0.280. The van der Waals surface area contributed by atoms with E-state index in [-0.39, 0.29) is 5.91 Å². The number of hydrogen-bond donors (Lipinski definition) is 2. The van der Waals surface area contributed by atoms with Gasteiger partial charge in [-0.3, -0.25) is 19.9 Å². The summed E-state index contributed by atoms with van der Waals surface area (Å²) in [7, 11) is 4.20. The van der Waals surface area contributed by atoms with Crippen LogP contribution in [0.2, 0.25) is 0 Å². The highest BCUT2D eigenvalue weighted by Crippen LogP contribution is 2.27. The van der Waals surface area contributed by atoms with Gasteiger partial charge < -0.3 is 15.1 Å². The van der Waals surface area contributed by atoms with Crippen molar-refractivity contribution in [2.24, 2.45) is 0 Å². The lowest BCUT2D eigenvalue weighted by Crippen LogP contribution is -2.22. The third-order valence-corrected chi connectivity index (χ3v) is 6.06. The van der Waals surface area contributed by atoms with Crippen LogP contribution in [0, 0.1) is 0 Å². The van der Waals surface area contributed by atoms with Crippen molar-refractivity contribution in [3.63, 3.8) is 0 Å². The van der Waals surface area contributed by atoms with Gasteiger partial charge in [0, 0.05) is 43.5 Å². The van der Waals surface area contributed by atoms with E-state index in [0.717, 1.165) is 65.8 Å². The van der Waals surface area contributed by atoms with Crippen molar-refractivity contribution in [1.82, 2.24) is 25.1 Å². The minimum Gasteiger partial charge on any atom is -0.373 e. The normalized spacial score (nSPS) is 15.7. The van der Waals surface area contributed by atoms with Crippen LogP contribution in [-0.4, -0.2) is 58.2 Å². The second kappa shape index (κ2) is 8.99. The van der Waals surface area contributed by atoms with Gasteiger partial charge in [-0.2, -0.15) is 5.10 Å². The summed E-state index contributed by atoms with van der Waals surface area (Å²) in [4.78, 5) is 26.4. The highest BCUT2D eigenvalue weighted by Gasteiger charge is 2.16. The van der Waals surface area contributed by atoms with Gasteiger partial charge in [0.05, 0.1) is 29.3 Å². The number of fused-ring (bicyclic) bond motifs is 6. The summed E-state index contributed by atoms with van der Waals surface area (Å²) in [6, 6.07) is 10.1. The predicted molar refractivity (Wildman–Crippen MR) is 130 cm³/mol. The van der Waals surface area contributed by atoms with Gasteiger partial charge in [0.2, 0.25) is 0 Å². The number of rotatable bonds is 0. The zero-order valence-corrected chi connectivity index (χ0v) is 18.9. The SMILES string of the molecule is CN1CCCCN(C)c2cncc(c2)NC(=O)c2n[nH]c3ccc(cc23)-c2cncc(c2)C1. The number of pyridine rings is 2. The van der Waals surface area contributed by atoms with Crippen LogP contribution in [0.4, 0.5) is 11.4 Å². The van der Waals surface area contributed by atoms with Crippen LogP contribution in [0.25, 0.3) is 22.0 Å². The van der Waals surface area contributed by atoms with Gasteiger partial charge in [0.25, 0.3) is 5.91 Å². The van der Waals surface area contributed by atoms with Gasteiger partial charge >= 0.3 is 0 Å². The summed E-state index contributed by atoms with van der Waals surface area (Å²) in [5.74, 6) is -0.272. The van der Waals surface area contributed by atoms with Crippen molar-refractivity contribution in [2.45, 2.75) is 19.4 Å². The van der Waals surface area contributed by atoms with Gasteiger partial charge in [-0.05, 0) is 61.8 Å². The predicted octanol–water partition coefficient (Wildman–Crippen LogP) is 3.93. The molecule has 8 nitrogen and oxygen atoms in total. The molecular weight excluding hydrogens is 414 g/mol. The van der Waals surface area contributed by atoms with Crippen LogP contribution >= 0.6 is 0 Å². The maximum absolute atomic E-state index is 13.1. The van der Waals surface area contributed by atoms with Crippen LogP contribution in [0.5, 0.6) is 0 Å². The summed E-state index contributed by atoms with van der Waals surface area (Å²) < 4.78 is 0. The molecule has 0 saturated heterocycles. The van der Waals surface area contributed by atoms with Crippen LogP contribution in [0.3, 0.4) is 0 Å². The Bertz CT molecular complexity index is 1300. The number of aromatic nitrogens is 4. The standard InChI is InChI=1S/C25H27N7O/c1-31-7-3-4-8-32(2)21-11-20(14-27-15-21)28-25(33)24-22-10-18(5-6-23(22)29-30-24)19-9-17(16-31)12-26-13-19/h5-6,9-15H,3-4,7-8,16H2,1-2H3,(H,28,33)(H,29,30). The maximum atomic E-state index is 13.1. The first-order valence-electron chi connectivity index (χ1n) is 11.2. The average Bonchev–Trinajstić information content (AvgIpc) is 3.25. The van der Waals surface area contributed by atoms with Crippen molar-refractivity contribution in [3.8, 4) is 11.1 Å². The van der Waals surface area contributed by atoms with E-state index in [1.165, 1.54) is 0 Å². The minimum atomic E-state index is -0.272. The monoisotopic (exact) mass is 441 g/mol. The Kier molecular flexibility index (Phi) is 5.75. The Morgan fingerprint density at radius 2 is 1.76 bits per heavy atom. The van der Waals surface area contributed by atoms with Crippen LogP contribution in [-0.2, 0) is 6.54 Å². The van der Waals surface area contributed by atoms with Gasteiger partial charge in [-0.15, -0.1) is 0 Å². The second-order valence-corrected chi connectivity index (χ2v) is 8.67. The Balaban J connectivity index is 1.55. The molecule has 0 radical (unpaired) electrons. The number of anilines is 2. The first-order valence-corrected chi connectivity index (χ1v) is 11.2. The lowest BCUT2D eigenvalue weighted by Gasteiger charge is -2.21. The van der Waals surface area contributed by atoms with E-state index in [1.807, 2.05) is 42.9 Å². The molecule has 1 amide bonds. The first kappa shape index (κ1) is 21.1. The van der Waals surface area contributed by atoms with E-state index in [9.17, 15) is 4.79 Å². The molecule has 4 aromatic rings.